The molecule has 0 saturated heterocycles. The van der Waals surface area contributed by atoms with E-state index in [-0.39, 0.29) is 18.1 Å². The number of hydrogen-bond acceptors (Lipinski definition) is 4. The molecule has 0 heterocycles. The van der Waals surface area contributed by atoms with Gasteiger partial charge in [0.2, 0.25) is 0 Å². The van der Waals surface area contributed by atoms with Crippen LogP contribution in [0.1, 0.15) is 6.42 Å². The van der Waals surface area contributed by atoms with Crippen molar-refractivity contribution in [1.29, 1.82) is 0 Å². The number of esters is 1. The molecule has 11 heavy (non-hydrogen) atoms. The van der Waals surface area contributed by atoms with Crippen molar-refractivity contribution in [2.24, 2.45) is 0 Å². The van der Waals surface area contributed by atoms with E-state index in [0.717, 1.165) is 0 Å². The third-order valence-corrected chi connectivity index (χ3v) is 0.888. The van der Waals surface area contributed by atoms with E-state index in [1.165, 1.54) is 7.11 Å². The topological polar surface area (TPSA) is 98.6 Å². The molecule has 0 spiro atoms. The average Bonchev–Trinajstić information content (AvgIpc) is 1.87. The first-order valence-corrected chi connectivity index (χ1v) is 2.55. The van der Waals surface area contributed by atoms with E-state index in [4.69, 9.17) is 5.11 Å². The SMILES string of the molecule is C=C(CC(=O)OC)C(=O)O.N. The molecule has 0 aromatic heterocycles. The number of carbonyl (C=O) groups excluding carboxylic acids is 1. The zero-order valence-electron chi connectivity index (χ0n) is 6.29. The Labute approximate surface area is 64.2 Å². The first-order valence-electron chi connectivity index (χ1n) is 2.55. The van der Waals surface area contributed by atoms with Gasteiger partial charge in [-0.15, -0.1) is 0 Å². The van der Waals surface area contributed by atoms with E-state index in [1.54, 1.807) is 0 Å². The molecule has 0 rings (SSSR count). The van der Waals surface area contributed by atoms with E-state index in [2.05, 4.69) is 11.3 Å². The Morgan fingerprint density at radius 2 is 2.00 bits per heavy atom. The molecule has 0 aliphatic carbocycles. The second kappa shape index (κ2) is 5.43. The van der Waals surface area contributed by atoms with E-state index < -0.39 is 11.9 Å². The zero-order valence-corrected chi connectivity index (χ0v) is 6.29. The first-order chi connectivity index (χ1) is 4.57. The first kappa shape index (κ1) is 12.3. The van der Waals surface area contributed by atoms with Gasteiger partial charge in [0, 0.05) is 5.57 Å². The average molecular weight is 161 g/mol. The van der Waals surface area contributed by atoms with Crippen LogP contribution in [0.4, 0.5) is 0 Å². The van der Waals surface area contributed by atoms with Crippen LogP contribution < -0.4 is 6.15 Å². The predicted octanol–water partition coefficient (Wildman–Crippen LogP) is 0.352. The van der Waals surface area contributed by atoms with Crippen LogP contribution in [-0.4, -0.2) is 24.2 Å². The second-order valence-corrected chi connectivity index (χ2v) is 1.66. The highest BCUT2D eigenvalue weighted by Gasteiger charge is 2.09. The van der Waals surface area contributed by atoms with Crippen LogP contribution in [-0.2, 0) is 14.3 Å². The summed E-state index contributed by atoms with van der Waals surface area (Å²) in [5.74, 6) is -1.77. The molecular weight excluding hydrogens is 150 g/mol. The molecular formula is C6H11NO4. The maximum Gasteiger partial charge on any atom is 0.331 e. The van der Waals surface area contributed by atoms with E-state index >= 15 is 0 Å². The van der Waals surface area contributed by atoms with Crippen molar-refractivity contribution in [2.45, 2.75) is 6.42 Å². The number of carboxylic acids is 1. The molecule has 0 atom stereocenters. The molecule has 5 heteroatoms. The number of methoxy groups -OCH3 is 1. The molecule has 0 amide bonds. The number of hydrogen-bond donors (Lipinski definition) is 2. The van der Waals surface area contributed by atoms with Gasteiger partial charge >= 0.3 is 11.9 Å². The Morgan fingerprint density at radius 3 is 2.27 bits per heavy atom. The summed E-state index contributed by atoms with van der Waals surface area (Å²) in [6.45, 7) is 3.14. The van der Waals surface area contributed by atoms with Crippen molar-refractivity contribution in [2.75, 3.05) is 7.11 Å². The number of rotatable bonds is 3. The summed E-state index contributed by atoms with van der Waals surface area (Å²) in [5.41, 5.74) is -0.160. The quantitative estimate of drug-likeness (QED) is 0.459. The lowest BCUT2D eigenvalue weighted by Gasteiger charge is -1.96. The van der Waals surface area contributed by atoms with Crippen molar-refractivity contribution >= 4 is 11.9 Å². The van der Waals surface area contributed by atoms with Crippen molar-refractivity contribution < 1.29 is 19.4 Å². The Kier molecular flexibility index (Phi) is 6.08. The van der Waals surface area contributed by atoms with Crippen LogP contribution in [0, 0.1) is 0 Å². The summed E-state index contributed by atoms with van der Waals surface area (Å²) in [5, 5.41) is 8.22. The summed E-state index contributed by atoms with van der Waals surface area (Å²) in [4.78, 5) is 20.4. The van der Waals surface area contributed by atoms with Crippen LogP contribution in [0.3, 0.4) is 0 Å². The Bertz CT molecular complexity index is 175. The molecule has 0 saturated carbocycles. The molecule has 0 aliphatic heterocycles. The molecule has 0 radical (unpaired) electrons. The fraction of sp³-hybridized carbons (Fsp3) is 0.333. The predicted molar refractivity (Wildman–Crippen MR) is 38.4 cm³/mol. The van der Waals surface area contributed by atoms with Gasteiger partial charge in [-0.3, -0.25) is 4.79 Å². The number of ether oxygens (including phenoxy) is 1. The monoisotopic (exact) mass is 161 g/mol. The third kappa shape index (κ3) is 5.10. The van der Waals surface area contributed by atoms with E-state index in [0.29, 0.717) is 0 Å². The lowest BCUT2D eigenvalue weighted by Crippen LogP contribution is -2.07. The van der Waals surface area contributed by atoms with Crippen LogP contribution >= 0.6 is 0 Å². The smallest absolute Gasteiger partial charge is 0.331 e. The Hall–Kier alpha value is -1.36. The second-order valence-electron chi connectivity index (χ2n) is 1.66. The zero-order chi connectivity index (χ0) is 8.15. The summed E-state index contributed by atoms with van der Waals surface area (Å²) in [6.07, 6.45) is -0.258. The minimum Gasteiger partial charge on any atom is -0.478 e. The molecule has 5 nitrogen and oxygen atoms in total. The summed E-state index contributed by atoms with van der Waals surface area (Å²) >= 11 is 0. The van der Waals surface area contributed by atoms with Gasteiger partial charge in [-0.2, -0.15) is 0 Å². The summed E-state index contributed by atoms with van der Waals surface area (Å²) < 4.78 is 4.21. The van der Waals surface area contributed by atoms with Crippen molar-refractivity contribution in [3.63, 3.8) is 0 Å². The molecule has 0 aromatic rings. The number of aliphatic carboxylic acids is 1. The minimum atomic E-state index is -1.18. The lowest BCUT2D eigenvalue weighted by atomic mass is 10.2. The third-order valence-electron chi connectivity index (χ3n) is 0.888. The normalized spacial score (nSPS) is 7.73. The number of carbonyl (C=O) groups is 2. The highest BCUT2D eigenvalue weighted by atomic mass is 16.5. The van der Waals surface area contributed by atoms with Gasteiger partial charge < -0.3 is 16.0 Å². The van der Waals surface area contributed by atoms with Gasteiger partial charge in [-0.05, 0) is 0 Å². The van der Waals surface area contributed by atoms with Gasteiger partial charge in [0.25, 0.3) is 0 Å². The molecule has 64 valence electrons. The van der Waals surface area contributed by atoms with Crippen LogP contribution in [0.15, 0.2) is 12.2 Å². The maximum absolute atomic E-state index is 10.4. The Balaban J connectivity index is 0. The fourth-order valence-electron chi connectivity index (χ4n) is 0.322. The number of carboxylic acid groups (broad SMARTS) is 1. The van der Waals surface area contributed by atoms with Gasteiger partial charge in [0.05, 0.1) is 13.5 Å². The fourth-order valence-corrected chi connectivity index (χ4v) is 0.322. The van der Waals surface area contributed by atoms with Gasteiger partial charge in [0.15, 0.2) is 0 Å². The van der Waals surface area contributed by atoms with Crippen molar-refractivity contribution in [3.05, 3.63) is 12.2 Å². The lowest BCUT2D eigenvalue weighted by molar-refractivity contribution is -0.142. The van der Waals surface area contributed by atoms with Crippen molar-refractivity contribution in [3.8, 4) is 0 Å². The van der Waals surface area contributed by atoms with Crippen molar-refractivity contribution in [1.82, 2.24) is 6.15 Å². The molecule has 0 aromatic carbocycles. The minimum absolute atomic E-state index is 0. The molecule has 0 fully saturated rings. The van der Waals surface area contributed by atoms with Crippen LogP contribution in [0.5, 0.6) is 0 Å². The van der Waals surface area contributed by atoms with Crippen LogP contribution in [0.2, 0.25) is 0 Å². The Morgan fingerprint density at radius 1 is 1.55 bits per heavy atom. The molecule has 0 unspecified atom stereocenters. The van der Waals surface area contributed by atoms with Gasteiger partial charge in [0.1, 0.15) is 0 Å². The molecule has 0 aliphatic rings. The molecule has 4 N–H and O–H groups in total. The summed E-state index contributed by atoms with van der Waals surface area (Å²) in [7, 11) is 1.19. The highest BCUT2D eigenvalue weighted by Crippen LogP contribution is 1.98. The van der Waals surface area contributed by atoms with Crippen LogP contribution in [0.25, 0.3) is 0 Å². The standard InChI is InChI=1S/C6H8O4.H3N/c1-4(6(8)9)3-5(7)10-2;/h1,3H2,2H3,(H,8,9);1H3. The largest absolute Gasteiger partial charge is 0.478 e. The van der Waals surface area contributed by atoms with E-state index in [1.807, 2.05) is 0 Å². The van der Waals surface area contributed by atoms with E-state index in [9.17, 15) is 9.59 Å². The summed E-state index contributed by atoms with van der Waals surface area (Å²) in [6, 6.07) is 0. The highest BCUT2D eigenvalue weighted by molar-refractivity contribution is 5.91. The molecule has 0 bridgehead atoms. The van der Waals surface area contributed by atoms with Gasteiger partial charge in [-0.25, -0.2) is 4.79 Å². The maximum atomic E-state index is 10.4. The van der Waals surface area contributed by atoms with Gasteiger partial charge in [-0.1, -0.05) is 6.58 Å².